The zero-order valence-electron chi connectivity index (χ0n) is 10.8. The van der Waals surface area contributed by atoms with E-state index in [2.05, 4.69) is 12.7 Å². The van der Waals surface area contributed by atoms with Gasteiger partial charge in [-0.2, -0.15) is 0 Å². The van der Waals surface area contributed by atoms with Crippen molar-refractivity contribution in [1.82, 2.24) is 0 Å². The predicted molar refractivity (Wildman–Crippen MR) is 66.6 cm³/mol. The molecule has 0 saturated heterocycles. The fourth-order valence-corrected chi connectivity index (χ4v) is 1.48. The Morgan fingerprint density at radius 3 is 1.80 bits per heavy atom. The molecule has 0 unspecified atom stereocenters. The third-order valence-electron chi connectivity index (χ3n) is 1.97. The topological polar surface area (TPSA) is 40.5 Å². The number of rotatable bonds is 2. The molecule has 1 aliphatic rings. The SMILES string of the molecule is C=CCC1CCCC1.CC.CC(C)(O)O. The molecule has 1 saturated carbocycles. The van der Waals surface area contributed by atoms with Gasteiger partial charge >= 0.3 is 0 Å². The first-order valence-corrected chi connectivity index (χ1v) is 5.99. The smallest absolute Gasteiger partial charge is 0.156 e. The minimum absolute atomic E-state index is 0.993. The molecule has 2 heteroatoms. The van der Waals surface area contributed by atoms with Gasteiger partial charge in [-0.05, 0) is 26.2 Å². The molecule has 0 aromatic heterocycles. The Kier molecular flexibility index (Phi) is 11.6. The molecule has 0 heterocycles. The first kappa shape index (κ1) is 17.1. The minimum atomic E-state index is -1.50. The fourth-order valence-electron chi connectivity index (χ4n) is 1.48. The van der Waals surface area contributed by atoms with E-state index in [1.807, 2.05) is 13.8 Å². The molecule has 1 aliphatic carbocycles. The van der Waals surface area contributed by atoms with Crippen molar-refractivity contribution in [1.29, 1.82) is 0 Å². The molecular formula is C13H28O2. The average Bonchev–Trinajstić information content (AvgIpc) is 2.58. The largest absolute Gasteiger partial charge is 0.366 e. The van der Waals surface area contributed by atoms with Gasteiger partial charge in [-0.3, -0.25) is 0 Å². The van der Waals surface area contributed by atoms with Gasteiger partial charge in [0.15, 0.2) is 5.79 Å². The second-order valence-corrected chi connectivity index (χ2v) is 4.17. The van der Waals surface area contributed by atoms with Crippen LogP contribution < -0.4 is 0 Å². The highest BCUT2D eigenvalue weighted by Gasteiger charge is 2.11. The van der Waals surface area contributed by atoms with Crippen LogP contribution in [0.25, 0.3) is 0 Å². The third kappa shape index (κ3) is 19.9. The quantitative estimate of drug-likeness (QED) is 0.548. The van der Waals surface area contributed by atoms with E-state index in [9.17, 15) is 0 Å². The van der Waals surface area contributed by atoms with Gasteiger partial charge < -0.3 is 10.2 Å². The summed E-state index contributed by atoms with van der Waals surface area (Å²) in [6.07, 6.45) is 9.12. The van der Waals surface area contributed by atoms with Gasteiger partial charge in [-0.15, -0.1) is 6.58 Å². The second kappa shape index (κ2) is 10.2. The maximum absolute atomic E-state index is 8.08. The number of aliphatic hydroxyl groups is 2. The third-order valence-corrected chi connectivity index (χ3v) is 1.97. The number of hydrogen-bond donors (Lipinski definition) is 2. The van der Waals surface area contributed by atoms with Crippen LogP contribution in [0.1, 0.15) is 59.8 Å². The average molecular weight is 216 g/mol. The van der Waals surface area contributed by atoms with E-state index in [1.165, 1.54) is 46.0 Å². The molecule has 0 bridgehead atoms. The molecule has 0 aromatic carbocycles. The van der Waals surface area contributed by atoms with Gasteiger partial charge in [0.25, 0.3) is 0 Å². The van der Waals surface area contributed by atoms with Crippen molar-refractivity contribution >= 4 is 0 Å². The molecule has 2 nitrogen and oxygen atoms in total. The van der Waals surface area contributed by atoms with Gasteiger partial charge in [-0.25, -0.2) is 0 Å². The normalized spacial score (nSPS) is 15.9. The molecule has 0 amide bonds. The van der Waals surface area contributed by atoms with Crippen molar-refractivity contribution in [3.63, 3.8) is 0 Å². The fraction of sp³-hybridized carbons (Fsp3) is 0.846. The van der Waals surface area contributed by atoms with E-state index in [-0.39, 0.29) is 0 Å². The maximum Gasteiger partial charge on any atom is 0.156 e. The Bertz CT molecular complexity index is 124. The molecule has 92 valence electrons. The van der Waals surface area contributed by atoms with Gasteiger partial charge in [0.1, 0.15) is 0 Å². The lowest BCUT2D eigenvalue weighted by molar-refractivity contribution is -0.127. The Balaban J connectivity index is 0. The molecule has 1 fully saturated rings. The Hall–Kier alpha value is -0.340. The summed E-state index contributed by atoms with van der Waals surface area (Å²) in [6.45, 7) is 10.3. The molecule has 2 N–H and O–H groups in total. The first-order chi connectivity index (χ1) is 6.93. The van der Waals surface area contributed by atoms with E-state index < -0.39 is 5.79 Å². The van der Waals surface area contributed by atoms with Crippen LogP contribution >= 0.6 is 0 Å². The van der Waals surface area contributed by atoms with E-state index >= 15 is 0 Å². The summed E-state index contributed by atoms with van der Waals surface area (Å²) < 4.78 is 0. The summed E-state index contributed by atoms with van der Waals surface area (Å²) in [5, 5.41) is 16.2. The van der Waals surface area contributed by atoms with Crippen molar-refractivity contribution in [3.8, 4) is 0 Å². The zero-order valence-corrected chi connectivity index (χ0v) is 10.8. The van der Waals surface area contributed by atoms with Gasteiger partial charge in [0, 0.05) is 0 Å². The van der Waals surface area contributed by atoms with Crippen LogP contribution in [-0.4, -0.2) is 16.0 Å². The van der Waals surface area contributed by atoms with E-state index in [4.69, 9.17) is 10.2 Å². The molecule has 0 spiro atoms. The summed E-state index contributed by atoms with van der Waals surface area (Å²) >= 11 is 0. The van der Waals surface area contributed by atoms with Crippen LogP contribution in [0.4, 0.5) is 0 Å². The molecule has 0 aliphatic heterocycles. The molecule has 15 heavy (non-hydrogen) atoms. The molecular weight excluding hydrogens is 188 g/mol. The van der Waals surface area contributed by atoms with Crippen LogP contribution in [0.2, 0.25) is 0 Å². The molecule has 1 rings (SSSR count). The summed E-state index contributed by atoms with van der Waals surface area (Å²) in [5.74, 6) is -0.507. The number of hydrogen-bond acceptors (Lipinski definition) is 2. The van der Waals surface area contributed by atoms with Crippen molar-refractivity contribution in [3.05, 3.63) is 12.7 Å². The molecule has 0 aromatic rings. The van der Waals surface area contributed by atoms with Crippen molar-refractivity contribution in [2.45, 2.75) is 65.6 Å². The number of allylic oxidation sites excluding steroid dienone is 1. The lowest BCUT2D eigenvalue weighted by atomic mass is 10.1. The van der Waals surface area contributed by atoms with Crippen LogP contribution in [0.5, 0.6) is 0 Å². The predicted octanol–water partition coefficient (Wildman–Crippen LogP) is 3.49. The molecule has 0 radical (unpaired) electrons. The standard InChI is InChI=1S/C8H14.C3H8O2.C2H6/c1-2-5-8-6-3-4-7-8;1-3(2,4)5;1-2/h2,8H,1,3-7H2;4-5H,1-2H3;1-2H3. The van der Waals surface area contributed by atoms with Crippen molar-refractivity contribution in [2.24, 2.45) is 5.92 Å². The van der Waals surface area contributed by atoms with Crippen LogP contribution in [0, 0.1) is 5.92 Å². The monoisotopic (exact) mass is 216 g/mol. The van der Waals surface area contributed by atoms with Crippen molar-refractivity contribution in [2.75, 3.05) is 0 Å². The van der Waals surface area contributed by atoms with Gasteiger partial charge in [0.2, 0.25) is 0 Å². The minimum Gasteiger partial charge on any atom is -0.366 e. The Labute approximate surface area is 95.0 Å². The highest BCUT2D eigenvalue weighted by atomic mass is 16.5. The maximum atomic E-state index is 8.08. The van der Waals surface area contributed by atoms with Crippen molar-refractivity contribution < 1.29 is 10.2 Å². The highest BCUT2D eigenvalue weighted by Crippen LogP contribution is 2.27. The van der Waals surface area contributed by atoms with Crippen LogP contribution in [-0.2, 0) is 0 Å². The zero-order chi connectivity index (χ0) is 12.3. The van der Waals surface area contributed by atoms with Crippen LogP contribution in [0.15, 0.2) is 12.7 Å². The summed E-state index contributed by atoms with van der Waals surface area (Å²) in [4.78, 5) is 0. The van der Waals surface area contributed by atoms with E-state index in [0.717, 1.165) is 5.92 Å². The summed E-state index contributed by atoms with van der Waals surface area (Å²) in [7, 11) is 0. The molecule has 0 atom stereocenters. The summed E-state index contributed by atoms with van der Waals surface area (Å²) in [6, 6.07) is 0. The van der Waals surface area contributed by atoms with E-state index in [1.54, 1.807) is 0 Å². The van der Waals surface area contributed by atoms with Gasteiger partial charge in [0.05, 0.1) is 0 Å². The Morgan fingerprint density at radius 1 is 1.20 bits per heavy atom. The summed E-state index contributed by atoms with van der Waals surface area (Å²) in [5.41, 5.74) is 0. The second-order valence-electron chi connectivity index (χ2n) is 4.17. The van der Waals surface area contributed by atoms with E-state index in [0.29, 0.717) is 0 Å². The lowest BCUT2D eigenvalue weighted by Crippen LogP contribution is -2.15. The Morgan fingerprint density at radius 2 is 1.53 bits per heavy atom. The first-order valence-electron chi connectivity index (χ1n) is 5.99. The lowest BCUT2D eigenvalue weighted by Gasteiger charge is -2.03. The van der Waals surface area contributed by atoms with Crippen LogP contribution in [0.3, 0.4) is 0 Å². The van der Waals surface area contributed by atoms with Gasteiger partial charge in [-0.1, -0.05) is 45.6 Å². The highest BCUT2D eigenvalue weighted by molar-refractivity contribution is 4.76.